The van der Waals surface area contributed by atoms with E-state index in [4.69, 9.17) is 4.74 Å². The number of fused-ring (bicyclic) bond motifs is 1. The molecule has 0 saturated heterocycles. The number of hydrogen-bond acceptors (Lipinski definition) is 4. The number of rotatable bonds is 5. The van der Waals surface area contributed by atoms with Crippen LogP contribution in [0.5, 0.6) is 11.5 Å². The van der Waals surface area contributed by atoms with E-state index in [0.29, 0.717) is 28.0 Å². The summed E-state index contributed by atoms with van der Waals surface area (Å²) >= 11 is 0. The molecule has 1 aliphatic rings. The monoisotopic (exact) mass is 430 g/mol. The highest BCUT2D eigenvalue weighted by molar-refractivity contribution is 5.93. The van der Waals surface area contributed by atoms with Gasteiger partial charge in [-0.25, -0.2) is 0 Å². The summed E-state index contributed by atoms with van der Waals surface area (Å²) in [5, 5.41) is 13.8. The summed E-state index contributed by atoms with van der Waals surface area (Å²) in [6.07, 6.45) is -2.00. The van der Waals surface area contributed by atoms with Gasteiger partial charge >= 0.3 is 6.36 Å². The molecule has 9 heteroatoms. The molecule has 0 bridgehead atoms. The van der Waals surface area contributed by atoms with Crippen LogP contribution in [0.15, 0.2) is 67.0 Å². The molecule has 0 fully saturated rings. The van der Waals surface area contributed by atoms with Gasteiger partial charge in [0.1, 0.15) is 17.6 Å². The van der Waals surface area contributed by atoms with Crippen LogP contribution in [0.3, 0.4) is 0 Å². The number of ether oxygens (including phenoxy) is 2. The number of nitrogens with zero attached hydrogens (tertiary/aromatic N) is 1. The third-order valence-electron chi connectivity index (χ3n) is 4.76. The molecule has 2 aromatic carbocycles. The van der Waals surface area contributed by atoms with Crippen LogP contribution >= 0.6 is 0 Å². The van der Waals surface area contributed by atoms with Crippen molar-refractivity contribution < 1.29 is 32.2 Å². The number of alkyl halides is 3. The fourth-order valence-electron chi connectivity index (χ4n) is 3.36. The van der Waals surface area contributed by atoms with Crippen molar-refractivity contribution >= 4 is 5.91 Å². The normalized spacial score (nSPS) is 15.1. The lowest BCUT2D eigenvalue weighted by Gasteiger charge is -2.12. The van der Waals surface area contributed by atoms with Crippen molar-refractivity contribution in [3.8, 4) is 22.6 Å². The van der Waals surface area contributed by atoms with Crippen molar-refractivity contribution in [3.05, 3.63) is 83.3 Å². The molecule has 1 amide bonds. The Bertz CT molecular complexity index is 1100. The van der Waals surface area contributed by atoms with Gasteiger partial charge in [0.05, 0.1) is 12.1 Å². The Balaban J connectivity index is 1.41. The van der Waals surface area contributed by atoms with Crippen LogP contribution < -0.4 is 19.5 Å². The second kappa shape index (κ2) is 8.17. The highest BCUT2D eigenvalue weighted by Gasteiger charge is 2.31. The van der Waals surface area contributed by atoms with Gasteiger partial charge in [-0.1, -0.05) is 18.2 Å². The lowest BCUT2D eigenvalue weighted by molar-refractivity contribution is -0.605. The molecule has 2 heterocycles. The predicted molar refractivity (Wildman–Crippen MR) is 104 cm³/mol. The highest BCUT2D eigenvalue weighted by Crippen LogP contribution is 2.34. The van der Waals surface area contributed by atoms with Crippen molar-refractivity contribution in [2.75, 3.05) is 6.54 Å². The van der Waals surface area contributed by atoms with E-state index in [1.165, 1.54) is 42.7 Å². The van der Waals surface area contributed by atoms with E-state index in [1.54, 1.807) is 18.2 Å². The van der Waals surface area contributed by atoms with E-state index >= 15 is 0 Å². The summed E-state index contributed by atoms with van der Waals surface area (Å²) in [7, 11) is 0. The number of aromatic nitrogens is 1. The van der Waals surface area contributed by atoms with Crippen LogP contribution in [0.1, 0.15) is 15.9 Å². The van der Waals surface area contributed by atoms with Gasteiger partial charge < -0.3 is 20.0 Å². The number of hydrogen-bond donors (Lipinski definition) is 1. The zero-order valence-corrected chi connectivity index (χ0v) is 16.1. The first-order valence-corrected chi connectivity index (χ1v) is 9.40. The van der Waals surface area contributed by atoms with Gasteiger partial charge in [0.2, 0.25) is 0 Å². The summed E-state index contributed by atoms with van der Waals surface area (Å²) < 4.78 is 47.8. The standard InChI is InChI=1S/C22H17F3N2O4/c23-22(24,25)31-18-3-1-2-15(11-18)16-4-5-20-17(10-16)12-19(30-20)13-26-21(28)14-6-8-27(29)9-7-14/h1-11,19H,12-13H2,(H,26,28). The maximum absolute atomic E-state index is 12.5. The average Bonchev–Trinajstić information content (AvgIpc) is 3.13. The first-order valence-electron chi connectivity index (χ1n) is 9.40. The molecular weight excluding hydrogens is 413 g/mol. The molecule has 0 spiro atoms. The van der Waals surface area contributed by atoms with E-state index in [-0.39, 0.29) is 24.3 Å². The minimum absolute atomic E-state index is 0.268. The van der Waals surface area contributed by atoms with Crippen LogP contribution in [-0.4, -0.2) is 24.9 Å². The lowest BCUT2D eigenvalue weighted by atomic mass is 10.0. The van der Waals surface area contributed by atoms with Gasteiger partial charge in [-0.05, 0) is 41.0 Å². The largest absolute Gasteiger partial charge is 0.619 e. The van der Waals surface area contributed by atoms with Crippen molar-refractivity contribution in [3.63, 3.8) is 0 Å². The smallest absolute Gasteiger partial charge is 0.573 e. The summed E-state index contributed by atoms with van der Waals surface area (Å²) in [5.74, 6) is 0.0610. The van der Waals surface area contributed by atoms with Gasteiger partial charge in [-0.2, -0.15) is 4.73 Å². The topological polar surface area (TPSA) is 74.5 Å². The van der Waals surface area contributed by atoms with Crippen LogP contribution in [-0.2, 0) is 6.42 Å². The molecule has 1 N–H and O–H groups in total. The Labute approximate surface area is 175 Å². The van der Waals surface area contributed by atoms with Crippen molar-refractivity contribution in [1.29, 1.82) is 0 Å². The van der Waals surface area contributed by atoms with E-state index in [9.17, 15) is 23.2 Å². The summed E-state index contributed by atoms with van der Waals surface area (Å²) in [6.45, 7) is 0.268. The minimum atomic E-state index is -4.75. The molecule has 160 valence electrons. The molecule has 1 atom stereocenters. The summed E-state index contributed by atoms with van der Waals surface area (Å²) in [4.78, 5) is 12.2. The minimum Gasteiger partial charge on any atom is -0.619 e. The molecule has 4 rings (SSSR count). The lowest BCUT2D eigenvalue weighted by Crippen LogP contribution is -2.35. The van der Waals surface area contributed by atoms with Crippen LogP contribution in [0.25, 0.3) is 11.1 Å². The number of pyridine rings is 1. The Morgan fingerprint density at radius 3 is 2.61 bits per heavy atom. The van der Waals surface area contributed by atoms with Gasteiger partial charge in [-0.15, -0.1) is 13.2 Å². The molecule has 0 aliphatic carbocycles. The highest BCUT2D eigenvalue weighted by atomic mass is 19.4. The summed E-state index contributed by atoms with van der Waals surface area (Å²) in [5.41, 5.74) is 2.58. The van der Waals surface area contributed by atoms with Crippen molar-refractivity contribution in [2.45, 2.75) is 18.9 Å². The molecule has 1 unspecified atom stereocenters. The van der Waals surface area contributed by atoms with Crippen LogP contribution in [0, 0.1) is 5.21 Å². The maximum atomic E-state index is 12.5. The van der Waals surface area contributed by atoms with Gasteiger partial charge in [0.15, 0.2) is 12.4 Å². The Hall–Kier alpha value is -3.75. The third kappa shape index (κ3) is 5.06. The van der Waals surface area contributed by atoms with Crippen molar-refractivity contribution in [2.24, 2.45) is 0 Å². The number of nitrogens with one attached hydrogen (secondary N) is 1. The Morgan fingerprint density at radius 1 is 1.13 bits per heavy atom. The Kier molecular flexibility index (Phi) is 5.41. The number of amides is 1. The number of carbonyl (C=O) groups is 1. The van der Waals surface area contributed by atoms with E-state index in [2.05, 4.69) is 10.1 Å². The van der Waals surface area contributed by atoms with Crippen LogP contribution in [0.4, 0.5) is 13.2 Å². The van der Waals surface area contributed by atoms with Gasteiger partial charge in [0.25, 0.3) is 5.91 Å². The van der Waals surface area contributed by atoms with Crippen LogP contribution in [0.2, 0.25) is 0 Å². The van der Waals surface area contributed by atoms with Gasteiger partial charge in [0, 0.05) is 18.6 Å². The van der Waals surface area contributed by atoms with Crippen molar-refractivity contribution in [1.82, 2.24) is 5.32 Å². The molecule has 0 radical (unpaired) electrons. The maximum Gasteiger partial charge on any atom is 0.573 e. The number of halogens is 3. The molecule has 31 heavy (non-hydrogen) atoms. The summed E-state index contributed by atoms with van der Waals surface area (Å²) in [6, 6.07) is 14.0. The molecule has 1 aromatic heterocycles. The van der Waals surface area contributed by atoms with E-state index in [0.717, 1.165) is 11.1 Å². The average molecular weight is 430 g/mol. The molecule has 1 aliphatic heterocycles. The fraction of sp³-hybridized carbons (Fsp3) is 0.182. The molecule has 0 saturated carbocycles. The third-order valence-corrected chi connectivity index (χ3v) is 4.76. The number of carbonyl (C=O) groups excluding carboxylic acids is 1. The number of benzene rings is 2. The van der Waals surface area contributed by atoms with E-state index < -0.39 is 6.36 Å². The fourth-order valence-corrected chi connectivity index (χ4v) is 3.36. The zero-order chi connectivity index (χ0) is 22.0. The second-order valence-electron chi connectivity index (χ2n) is 7.00. The molecule has 6 nitrogen and oxygen atoms in total. The van der Waals surface area contributed by atoms with Gasteiger partial charge in [-0.3, -0.25) is 4.79 Å². The first kappa shape index (κ1) is 20.5. The molecular formula is C22H17F3N2O4. The molecule has 3 aromatic rings. The SMILES string of the molecule is O=C(NCC1Cc2cc(-c3cccc(OC(F)(F)F)c3)ccc2O1)c1cc[n+]([O-])cc1. The predicted octanol–water partition coefficient (Wildman–Crippen LogP) is 3.62. The zero-order valence-electron chi connectivity index (χ0n) is 16.1. The Morgan fingerprint density at radius 2 is 1.87 bits per heavy atom. The van der Waals surface area contributed by atoms with E-state index in [1.807, 2.05) is 6.07 Å². The first-order chi connectivity index (χ1) is 14.8. The second-order valence-corrected chi connectivity index (χ2v) is 7.00. The quantitative estimate of drug-likeness (QED) is 0.496.